The Kier molecular flexibility index (Phi) is 4.71. The van der Waals surface area contributed by atoms with E-state index in [9.17, 15) is 4.79 Å². The summed E-state index contributed by atoms with van der Waals surface area (Å²) >= 11 is 2.17. The molecule has 0 aliphatic heterocycles. The van der Waals surface area contributed by atoms with Crippen molar-refractivity contribution < 1.29 is 9.53 Å². The van der Waals surface area contributed by atoms with Crippen molar-refractivity contribution in [3.63, 3.8) is 0 Å². The van der Waals surface area contributed by atoms with Crippen LogP contribution < -0.4 is 5.73 Å². The molecule has 1 aromatic rings. The number of carbonyl (C=O) groups is 1. The van der Waals surface area contributed by atoms with Gasteiger partial charge in [-0.3, -0.25) is 0 Å². The molecule has 4 heteroatoms. The minimum atomic E-state index is -0.289. The zero-order chi connectivity index (χ0) is 14.0. The Labute approximate surface area is 128 Å². The summed E-state index contributed by atoms with van der Waals surface area (Å²) in [6.45, 7) is 4.49. The number of ether oxygens (including phenoxy) is 1. The van der Waals surface area contributed by atoms with E-state index in [1.807, 2.05) is 6.07 Å². The molecule has 104 valence electrons. The summed E-state index contributed by atoms with van der Waals surface area (Å²) in [5.41, 5.74) is 6.81. The minimum Gasteiger partial charge on any atom is -0.459 e. The fourth-order valence-corrected chi connectivity index (χ4v) is 3.02. The third kappa shape index (κ3) is 3.61. The van der Waals surface area contributed by atoms with E-state index in [1.165, 1.54) is 0 Å². The van der Waals surface area contributed by atoms with Gasteiger partial charge in [0, 0.05) is 9.26 Å². The van der Waals surface area contributed by atoms with E-state index in [0.717, 1.165) is 28.8 Å². The normalized spacial score (nSPS) is 27.0. The summed E-state index contributed by atoms with van der Waals surface area (Å²) in [5, 5.41) is 0. The van der Waals surface area contributed by atoms with Gasteiger partial charge in [0.1, 0.15) is 6.10 Å². The van der Waals surface area contributed by atoms with Crippen molar-refractivity contribution >= 4 is 34.2 Å². The third-order valence-electron chi connectivity index (χ3n) is 4.06. The first-order valence-electron chi connectivity index (χ1n) is 6.73. The van der Waals surface area contributed by atoms with E-state index in [2.05, 4.69) is 36.4 Å². The van der Waals surface area contributed by atoms with Gasteiger partial charge in [-0.2, -0.15) is 0 Å². The van der Waals surface area contributed by atoms with E-state index in [-0.39, 0.29) is 12.1 Å². The van der Waals surface area contributed by atoms with Gasteiger partial charge in [-0.25, -0.2) is 4.79 Å². The van der Waals surface area contributed by atoms with Gasteiger partial charge in [-0.15, -0.1) is 0 Å². The van der Waals surface area contributed by atoms with Gasteiger partial charge >= 0.3 is 5.97 Å². The first kappa shape index (κ1) is 14.6. The van der Waals surface area contributed by atoms with Crippen molar-refractivity contribution in [3.05, 3.63) is 27.3 Å². The summed E-state index contributed by atoms with van der Waals surface area (Å²) in [4.78, 5) is 12.2. The van der Waals surface area contributed by atoms with Crippen molar-refractivity contribution in [1.29, 1.82) is 0 Å². The van der Waals surface area contributed by atoms with Gasteiger partial charge in [-0.1, -0.05) is 13.8 Å². The highest BCUT2D eigenvalue weighted by Crippen LogP contribution is 2.31. The molecule has 1 aromatic carbocycles. The van der Waals surface area contributed by atoms with Gasteiger partial charge in [0.15, 0.2) is 0 Å². The van der Waals surface area contributed by atoms with Crippen LogP contribution >= 0.6 is 22.6 Å². The molecule has 0 aromatic heterocycles. The van der Waals surface area contributed by atoms with Gasteiger partial charge in [-0.05, 0) is 71.9 Å². The van der Waals surface area contributed by atoms with E-state index in [1.54, 1.807) is 12.1 Å². The number of nitrogens with two attached hydrogens (primary N) is 1. The average Bonchev–Trinajstić information content (AvgIpc) is 2.36. The van der Waals surface area contributed by atoms with Crippen LogP contribution in [0.4, 0.5) is 5.69 Å². The number of rotatable bonds is 2. The molecule has 0 saturated heterocycles. The Morgan fingerprint density at radius 1 is 1.32 bits per heavy atom. The number of hydrogen-bond donors (Lipinski definition) is 1. The third-order valence-corrected chi connectivity index (χ3v) is 4.73. The predicted octanol–water partition coefficient (Wildman–Crippen LogP) is 3.85. The second kappa shape index (κ2) is 6.11. The molecule has 0 bridgehead atoms. The molecule has 0 spiro atoms. The highest BCUT2D eigenvalue weighted by Gasteiger charge is 2.27. The first-order valence-corrected chi connectivity index (χ1v) is 7.81. The lowest BCUT2D eigenvalue weighted by atomic mass is 9.80. The largest absolute Gasteiger partial charge is 0.459 e. The Morgan fingerprint density at radius 2 is 2.05 bits per heavy atom. The van der Waals surface area contributed by atoms with Crippen LogP contribution in [0.15, 0.2) is 18.2 Å². The summed E-state index contributed by atoms with van der Waals surface area (Å²) < 4.78 is 6.60. The number of anilines is 1. The van der Waals surface area contributed by atoms with Crippen molar-refractivity contribution in [2.75, 3.05) is 5.73 Å². The predicted molar refractivity (Wildman–Crippen MR) is 85.0 cm³/mol. The number of nitrogen functional groups attached to an aromatic ring is 1. The Balaban J connectivity index is 2.03. The lowest BCUT2D eigenvalue weighted by Gasteiger charge is -2.31. The zero-order valence-corrected chi connectivity index (χ0v) is 13.5. The number of hydrogen-bond acceptors (Lipinski definition) is 3. The molecular weight excluding hydrogens is 353 g/mol. The Hall–Kier alpha value is -0.780. The van der Waals surface area contributed by atoms with Crippen molar-refractivity contribution in [2.45, 2.75) is 39.2 Å². The zero-order valence-electron chi connectivity index (χ0n) is 11.4. The lowest BCUT2D eigenvalue weighted by Crippen LogP contribution is -2.29. The highest BCUT2D eigenvalue weighted by molar-refractivity contribution is 14.1. The van der Waals surface area contributed by atoms with Crippen LogP contribution in [0.5, 0.6) is 0 Å². The topological polar surface area (TPSA) is 52.3 Å². The molecule has 3 nitrogen and oxygen atoms in total. The molecule has 3 unspecified atom stereocenters. The maximum Gasteiger partial charge on any atom is 0.340 e. The maximum absolute atomic E-state index is 12.2. The highest BCUT2D eigenvalue weighted by atomic mass is 127. The van der Waals surface area contributed by atoms with Crippen LogP contribution in [0, 0.1) is 15.4 Å². The van der Waals surface area contributed by atoms with Crippen LogP contribution in [0.1, 0.15) is 43.5 Å². The summed E-state index contributed by atoms with van der Waals surface area (Å²) in [6.07, 6.45) is 3.08. The van der Waals surface area contributed by atoms with Crippen LogP contribution in [0.3, 0.4) is 0 Å². The molecule has 1 saturated carbocycles. The second-order valence-corrected chi connectivity index (χ2v) is 6.77. The number of benzene rings is 1. The summed E-state index contributed by atoms with van der Waals surface area (Å²) in [5.74, 6) is 1.04. The van der Waals surface area contributed by atoms with Crippen molar-refractivity contribution in [1.82, 2.24) is 0 Å². The molecule has 19 heavy (non-hydrogen) atoms. The maximum atomic E-state index is 12.2. The molecule has 2 rings (SSSR count). The SMILES string of the molecule is CC1CCC(OC(=O)c2cc(I)ccc2N)CC1C. The molecule has 0 radical (unpaired) electrons. The molecular formula is C15H20INO2. The van der Waals surface area contributed by atoms with E-state index >= 15 is 0 Å². The van der Waals surface area contributed by atoms with Crippen molar-refractivity contribution in [2.24, 2.45) is 11.8 Å². The molecule has 1 aliphatic carbocycles. The minimum absolute atomic E-state index is 0.0379. The summed E-state index contributed by atoms with van der Waals surface area (Å²) in [6, 6.07) is 5.42. The first-order chi connectivity index (χ1) is 8.97. The molecule has 1 aliphatic rings. The molecule has 0 amide bonds. The Bertz CT molecular complexity index is 475. The van der Waals surface area contributed by atoms with Gasteiger partial charge in [0.05, 0.1) is 5.56 Å². The van der Waals surface area contributed by atoms with Gasteiger partial charge in [0.25, 0.3) is 0 Å². The van der Waals surface area contributed by atoms with E-state index < -0.39 is 0 Å². The van der Waals surface area contributed by atoms with E-state index in [4.69, 9.17) is 10.5 Å². The van der Waals surface area contributed by atoms with Gasteiger partial charge in [0.2, 0.25) is 0 Å². The monoisotopic (exact) mass is 373 g/mol. The fraction of sp³-hybridized carbons (Fsp3) is 0.533. The standard InChI is InChI=1S/C15H20INO2/c1-9-3-5-12(7-10(9)2)19-15(18)13-8-11(16)4-6-14(13)17/h4,6,8-10,12H,3,5,7,17H2,1-2H3. The van der Waals surface area contributed by atoms with Crippen LogP contribution in [-0.2, 0) is 4.74 Å². The Morgan fingerprint density at radius 3 is 2.74 bits per heavy atom. The van der Waals surface area contributed by atoms with Crippen LogP contribution in [0.2, 0.25) is 0 Å². The fourth-order valence-electron chi connectivity index (χ4n) is 2.53. The van der Waals surface area contributed by atoms with Crippen LogP contribution in [0.25, 0.3) is 0 Å². The molecule has 0 heterocycles. The lowest BCUT2D eigenvalue weighted by molar-refractivity contribution is 0.00889. The number of halogens is 1. The van der Waals surface area contributed by atoms with Crippen molar-refractivity contribution in [3.8, 4) is 0 Å². The smallest absolute Gasteiger partial charge is 0.340 e. The van der Waals surface area contributed by atoms with Gasteiger partial charge < -0.3 is 10.5 Å². The quantitative estimate of drug-likeness (QED) is 0.487. The molecule has 2 N–H and O–H groups in total. The summed E-state index contributed by atoms with van der Waals surface area (Å²) in [7, 11) is 0. The average molecular weight is 373 g/mol. The molecule has 3 atom stereocenters. The molecule has 1 fully saturated rings. The second-order valence-electron chi connectivity index (χ2n) is 5.53. The number of esters is 1. The number of carbonyl (C=O) groups excluding carboxylic acids is 1. The van der Waals surface area contributed by atoms with E-state index in [0.29, 0.717) is 17.2 Å². The van der Waals surface area contributed by atoms with Crippen LogP contribution in [-0.4, -0.2) is 12.1 Å².